The molecule has 1 aliphatic rings. The second-order valence-corrected chi connectivity index (χ2v) is 6.50. The molecule has 7 nitrogen and oxygen atoms in total. The van der Waals surface area contributed by atoms with Crippen LogP contribution in [0.5, 0.6) is 17.2 Å². The van der Waals surface area contributed by atoms with Gasteiger partial charge in [-0.3, -0.25) is 9.59 Å². The number of methoxy groups -OCH3 is 1. The van der Waals surface area contributed by atoms with Crippen molar-refractivity contribution in [3.63, 3.8) is 0 Å². The summed E-state index contributed by atoms with van der Waals surface area (Å²) in [5.41, 5.74) is 0.836. The lowest BCUT2D eigenvalue weighted by Crippen LogP contribution is -2.26. The molecule has 1 fully saturated rings. The number of rotatable bonds is 9. The van der Waals surface area contributed by atoms with Crippen molar-refractivity contribution in [3.05, 3.63) is 54.1 Å². The third-order valence-corrected chi connectivity index (χ3v) is 4.55. The Kier molecular flexibility index (Phi) is 6.37. The SMILES string of the molecule is COc1cccc(OCCOc2ccccc2CN2CC(C(=O)O)CC2=O)c1. The molecule has 1 N–H and O–H groups in total. The zero-order chi connectivity index (χ0) is 19.9. The van der Waals surface area contributed by atoms with Gasteiger partial charge in [0.1, 0.15) is 30.5 Å². The van der Waals surface area contributed by atoms with Gasteiger partial charge in [0.05, 0.1) is 13.0 Å². The largest absolute Gasteiger partial charge is 0.497 e. The van der Waals surface area contributed by atoms with E-state index in [2.05, 4.69) is 0 Å². The Morgan fingerprint density at radius 2 is 1.86 bits per heavy atom. The number of carboxylic acids is 1. The fourth-order valence-corrected chi connectivity index (χ4v) is 3.07. The van der Waals surface area contributed by atoms with Crippen molar-refractivity contribution in [1.82, 2.24) is 4.90 Å². The molecule has 0 bridgehead atoms. The third kappa shape index (κ3) is 4.94. The van der Waals surface area contributed by atoms with Crippen LogP contribution in [0, 0.1) is 5.92 Å². The van der Waals surface area contributed by atoms with Crippen LogP contribution in [0.2, 0.25) is 0 Å². The molecule has 0 spiro atoms. The van der Waals surface area contributed by atoms with Gasteiger partial charge in [0.15, 0.2) is 0 Å². The molecule has 0 radical (unpaired) electrons. The Labute approximate surface area is 163 Å². The Morgan fingerprint density at radius 3 is 2.61 bits per heavy atom. The first-order valence-corrected chi connectivity index (χ1v) is 9.05. The lowest BCUT2D eigenvalue weighted by Gasteiger charge is -2.19. The van der Waals surface area contributed by atoms with Crippen molar-refractivity contribution in [2.24, 2.45) is 5.92 Å². The first kappa shape index (κ1) is 19.5. The van der Waals surface area contributed by atoms with Crippen LogP contribution in [-0.2, 0) is 16.1 Å². The quantitative estimate of drug-likeness (QED) is 0.668. The molecule has 0 saturated carbocycles. The Bertz CT molecular complexity index is 837. The Morgan fingerprint density at radius 1 is 1.11 bits per heavy atom. The smallest absolute Gasteiger partial charge is 0.308 e. The molecule has 1 saturated heterocycles. The highest BCUT2D eigenvalue weighted by Gasteiger charge is 2.34. The maximum atomic E-state index is 12.1. The van der Waals surface area contributed by atoms with Crippen molar-refractivity contribution >= 4 is 11.9 Å². The molecule has 1 amide bonds. The monoisotopic (exact) mass is 385 g/mol. The highest BCUT2D eigenvalue weighted by Crippen LogP contribution is 2.25. The summed E-state index contributed by atoms with van der Waals surface area (Å²) < 4.78 is 16.7. The van der Waals surface area contributed by atoms with E-state index in [1.807, 2.05) is 42.5 Å². The number of carboxylic acid groups (broad SMARTS) is 1. The summed E-state index contributed by atoms with van der Waals surface area (Å²) in [5.74, 6) is 0.344. The molecule has 0 aliphatic carbocycles. The predicted octanol–water partition coefficient (Wildman–Crippen LogP) is 2.59. The molecular formula is C21H23NO6. The van der Waals surface area contributed by atoms with Crippen molar-refractivity contribution in [1.29, 1.82) is 0 Å². The molecule has 1 unspecified atom stereocenters. The molecule has 1 aliphatic heterocycles. The van der Waals surface area contributed by atoms with Gasteiger partial charge in [-0.1, -0.05) is 24.3 Å². The molecule has 2 aromatic rings. The summed E-state index contributed by atoms with van der Waals surface area (Å²) in [4.78, 5) is 24.7. The van der Waals surface area contributed by atoms with Gasteiger partial charge in [0.2, 0.25) is 5.91 Å². The van der Waals surface area contributed by atoms with Crippen LogP contribution in [0.1, 0.15) is 12.0 Å². The third-order valence-electron chi connectivity index (χ3n) is 4.55. The molecule has 3 rings (SSSR count). The van der Waals surface area contributed by atoms with Crippen LogP contribution >= 0.6 is 0 Å². The molecule has 1 heterocycles. The lowest BCUT2D eigenvalue weighted by molar-refractivity contribution is -0.141. The van der Waals surface area contributed by atoms with Crippen LogP contribution in [0.15, 0.2) is 48.5 Å². The second-order valence-electron chi connectivity index (χ2n) is 6.50. The molecule has 2 aromatic carbocycles. The molecule has 148 valence electrons. The van der Waals surface area contributed by atoms with Crippen LogP contribution in [-0.4, -0.2) is 48.8 Å². The van der Waals surface area contributed by atoms with E-state index in [0.717, 1.165) is 11.3 Å². The maximum absolute atomic E-state index is 12.1. The minimum atomic E-state index is -0.935. The number of ether oxygens (including phenoxy) is 3. The standard InChI is InChI=1S/C21H23NO6/c1-26-17-6-4-7-18(12-17)27-9-10-28-19-8-3-2-5-15(19)13-22-14-16(21(24)25)11-20(22)23/h2-8,12,16H,9-11,13-14H2,1H3,(H,24,25). The number of carbonyl (C=O) groups is 2. The summed E-state index contributed by atoms with van der Waals surface area (Å²) in [5, 5.41) is 9.11. The van der Waals surface area contributed by atoms with E-state index in [4.69, 9.17) is 19.3 Å². The number of carbonyl (C=O) groups excluding carboxylic acids is 1. The van der Waals surface area contributed by atoms with Crippen LogP contribution in [0.3, 0.4) is 0 Å². The highest BCUT2D eigenvalue weighted by atomic mass is 16.5. The van der Waals surface area contributed by atoms with E-state index in [9.17, 15) is 9.59 Å². The average Bonchev–Trinajstić information content (AvgIpc) is 3.07. The van der Waals surface area contributed by atoms with E-state index in [1.54, 1.807) is 18.1 Å². The van der Waals surface area contributed by atoms with Gasteiger partial charge in [0, 0.05) is 31.1 Å². The van der Waals surface area contributed by atoms with E-state index in [1.165, 1.54) is 0 Å². The molecule has 1 atom stereocenters. The first-order valence-electron chi connectivity index (χ1n) is 9.05. The van der Waals surface area contributed by atoms with Gasteiger partial charge in [0.25, 0.3) is 0 Å². The fraction of sp³-hybridized carbons (Fsp3) is 0.333. The van der Waals surface area contributed by atoms with Crippen molar-refractivity contribution in [3.8, 4) is 17.2 Å². The van der Waals surface area contributed by atoms with Gasteiger partial charge in [-0.2, -0.15) is 0 Å². The number of para-hydroxylation sites is 1. The summed E-state index contributed by atoms with van der Waals surface area (Å²) in [7, 11) is 1.60. The van der Waals surface area contributed by atoms with Crippen LogP contribution in [0.4, 0.5) is 0 Å². The minimum Gasteiger partial charge on any atom is -0.497 e. The van der Waals surface area contributed by atoms with E-state index in [-0.39, 0.29) is 18.9 Å². The minimum absolute atomic E-state index is 0.0483. The van der Waals surface area contributed by atoms with Gasteiger partial charge in [-0.15, -0.1) is 0 Å². The molecule has 0 aromatic heterocycles. The topological polar surface area (TPSA) is 85.3 Å². The maximum Gasteiger partial charge on any atom is 0.308 e. The number of amides is 1. The second kappa shape index (κ2) is 9.12. The normalized spacial score (nSPS) is 16.1. The van der Waals surface area contributed by atoms with Crippen molar-refractivity contribution < 1.29 is 28.9 Å². The summed E-state index contributed by atoms with van der Waals surface area (Å²) in [6.07, 6.45) is 0.0483. The number of likely N-dealkylation sites (tertiary alicyclic amines) is 1. The van der Waals surface area contributed by atoms with Gasteiger partial charge < -0.3 is 24.2 Å². The molecule has 7 heteroatoms. The summed E-state index contributed by atoms with van der Waals surface area (Å²) in [6, 6.07) is 14.8. The van der Waals surface area contributed by atoms with E-state index >= 15 is 0 Å². The molecular weight excluding hydrogens is 362 g/mol. The molecule has 28 heavy (non-hydrogen) atoms. The van der Waals surface area contributed by atoms with Gasteiger partial charge in [-0.05, 0) is 18.2 Å². The van der Waals surface area contributed by atoms with E-state index in [0.29, 0.717) is 31.3 Å². The summed E-state index contributed by atoms with van der Waals surface area (Å²) >= 11 is 0. The first-order chi connectivity index (χ1) is 13.6. The van der Waals surface area contributed by atoms with Crippen molar-refractivity contribution in [2.45, 2.75) is 13.0 Å². The fourth-order valence-electron chi connectivity index (χ4n) is 3.07. The van der Waals surface area contributed by atoms with Crippen LogP contribution < -0.4 is 14.2 Å². The number of aliphatic carboxylic acids is 1. The summed E-state index contributed by atoms with van der Waals surface area (Å²) in [6.45, 7) is 1.24. The van der Waals surface area contributed by atoms with E-state index < -0.39 is 11.9 Å². The van der Waals surface area contributed by atoms with Gasteiger partial charge in [-0.25, -0.2) is 0 Å². The number of benzene rings is 2. The van der Waals surface area contributed by atoms with Crippen molar-refractivity contribution in [2.75, 3.05) is 26.9 Å². The zero-order valence-electron chi connectivity index (χ0n) is 15.7. The van der Waals surface area contributed by atoms with Gasteiger partial charge >= 0.3 is 5.97 Å². The lowest BCUT2D eigenvalue weighted by atomic mass is 10.1. The predicted molar refractivity (Wildman–Crippen MR) is 102 cm³/mol. The Balaban J connectivity index is 1.54. The number of nitrogens with zero attached hydrogens (tertiary/aromatic N) is 1. The highest BCUT2D eigenvalue weighted by molar-refractivity contribution is 5.86. The Hall–Kier alpha value is -3.22. The zero-order valence-corrected chi connectivity index (χ0v) is 15.7. The number of hydrogen-bond donors (Lipinski definition) is 1. The average molecular weight is 385 g/mol. The van der Waals surface area contributed by atoms with Crippen LogP contribution in [0.25, 0.3) is 0 Å². The number of hydrogen-bond acceptors (Lipinski definition) is 5.